The summed E-state index contributed by atoms with van der Waals surface area (Å²) >= 11 is 0. The van der Waals surface area contributed by atoms with Crippen LogP contribution in [0.1, 0.15) is 13.8 Å². The molecule has 0 radical (unpaired) electrons. The Balaban J connectivity index is 2.64. The Morgan fingerprint density at radius 1 is 1.47 bits per heavy atom. The zero-order valence-electron chi connectivity index (χ0n) is 9.90. The first-order chi connectivity index (χ1) is 8.13. The average molecular weight is 233 g/mol. The van der Waals surface area contributed by atoms with Crippen LogP contribution in [0, 0.1) is 11.8 Å². The lowest BCUT2D eigenvalue weighted by Crippen LogP contribution is -2.30. The van der Waals surface area contributed by atoms with Crippen molar-refractivity contribution in [2.24, 2.45) is 5.73 Å². The van der Waals surface area contributed by atoms with Gasteiger partial charge in [-0.15, -0.1) is 5.92 Å². The van der Waals surface area contributed by atoms with Crippen LogP contribution >= 0.6 is 0 Å². The molecule has 1 rings (SSSR count). The fourth-order valence-electron chi connectivity index (χ4n) is 1.09. The number of carbonyl (C=O) groups is 1. The van der Waals surface area contributed by atoms with E-state index in [9.17, 15) is 4.79 Å². The largest absolute Gasteiger partial charge is 0.481 e. The summed E-state index contributed by atoms with van der Waals surface area (Å²) in [6.07, 6.45) is -0.666. The first-order valence-corrected chi connectivity index (χ1v) is 5.22. The van der Waals surface area contributed by atoms with Crippen molar-refractivity contribution >= 4 is 5.91 Å². The molecule has 1 aromatic rings. The smallest absolute Gasteiger partial charge is 0.258 e. The van der Waals surface area contributed by atoms with E-state index in [1.807, 2.05) is 0 Å². The summed E-state index contributed by atoms with van der Waals surface area (Å²) in [6, 6.07) is 6.99. The van der Waals surface area contributed by atoms with Crippen LogP contribution in [0.2, 0.25) is 0 Å². The molecule has 0 saturated heterocycles. The summed E-state index contributed by atoms with van der Waals surface area (Å²) in [5, 5.41) is 0. The van der Waals surface area contributed by atoms with Crippen molar-refractivity contribution in [1.82, 2.24) is 0 Å². The van der Waals surface area contributed by atoms with E-state index < -0.39 is 12.0 Å². The van der Waals surface area contributed by atoms with Crippen molar-refractivity contribution in [3.8, 4) is 23.3 Å². The molecule has 1 atom stereocenters. The highest BCUT2D eigenvalue weighted by molar-refractivity contribution is 5.78. The summed E-state index contributed by atoms with van der Waals surface area (Å²) in [6.45, 7) is 3.67. The third-order valence-electron chi connectivity index (χ3n) is 2.01. The van der Waals surface area contributed by atoms with Gasteiger partial charge in [0.25, 0.3) is 5.91 Å². The highest BCUT2D eigenvalue weighted by atomic mass is 16.5. The molecular weight excluding hydrogens is 218 g/mol. The lowest BCUT2D eigenvalue weighted by atomic mass is 10.3. The normalized spacial score (nSPS) is 10.9. The Labute approximate surface area is 101 Å². The second-order valence-electron chi connectivity index (χ2n) is 3.35. The van der Waals surface area contributed by atoms with Gasteiger partial charge in [-0.05, 0) is 26.0 Å². The lowest BCUT2D eigenvalue weighted by Gasteiger charge is -2.12. The van der Waals surface area contributed by atoms with Crippen LogP contribution in [-0.2, 0) is 4.79 Å². The van der Waals surface area contributed by atoms with E-state index in [0.29, 0.717) is 18.1 Å². The fourth-order valence-corrected chi connectivity index (χ4v) is 1.09. The van der Waals surface area contributed by atoms with Crippen molar-refractivity contribution in [1.29, 1.82) is 0 Å². The van der Waals surface area contributed by atoms with E-state index in [0.717, 1.165) is 0 Å². The molecule has 4 nitrogen and oxygen atoms in total. The molecule has 0 spiro atoms. The standard InChI is InChI=1S/C13H15NO3/c1-3-4-8-16-11-6-5-7-12(9-11)17-10(2)13(14)15/h5-7,9-10H,8H2,1-2H3,(H2,14,15)/t10-/m1/s1. The van der Waals surface area contributed by atoms with Gasteiger partial charge in [0.1, 0.15) is 18.1 Å². The highest BCUT2D eigenvalue weighted by Gasteiger charge is 2.10. The molecule has 0 fully saturated rings. The Kier molecular flexibility index (Phi) is 4.89. The van der Waals surface area contributed by atoms with E-state index in [2.05, 4.69) is 11.8 Å². The number of primary amides is 1. The average Bonchev–Trinajstić information content (AvgIpc) is 2.30. The van der Waals surface area contributed by atoms with Crippen molar-refractivity contribution in [3.05, 3.63) is 24.3 Å². The third-order valence-corrected chi connectivity index (χ3v) is 2.01. The van der Waals surface area contributed by atoms with Gasteiger partial charge in [-0.2, -0.15) is 0 Å². The van der Waals surface area contributed by atoms with Crippen molar-refractivity contribution in [2.75, 3.05) is 6.61 Å². The number of ether oxygens (including phenoxy) is 2. The van der Waals surface area contributed by atoms with E-state index in [-0.39, 0.29) is 0 Å². The Bertz CT molecular complexity index is 445. The molecule has 4 heteroatoms. The van der Waals surface area contributed by atoms with Gasteiger partial charge in [0.05, 0.1) is 0 Å². The molecular formula is C13H15NO3. The molecule has 0 aliphatic heterocycles. The first kappa shape index (κ1) is 12.9. The minimum absolute atomic E-state index is 0.325. The summed E-state index contributed by atoms with van der Waals surface area (Å²) in [7, 11) is 0. The van der Waals surface area contributed by atoms with Gasteiger partial charge >= 0.3 is 0 Å². The van der Waals surface area contributed by atoms with Gasteiger partial charge in [-0.25, -0.2) is 0 Å². The van der Waals surface area contributed by atoms with Gasteiger partial charge in [-0.3, -0.25) is 4.79 Å². The van der Waals surface area contributed by atoms with E-state index in [1.54, 1.807) is 38.1 Å². The van der Waals surface area contributed by atoms with Crippen LogP contribution in [0.25, 0.3) is 0 Å². The topological polar surface area (TPSA) is 61.6 Å². The number of rotatable bonds is 5. The van der Waals surface area contributed by atoms with Crippen LogP contribution in [0.5, 0.6) is 11.5 Å². The van der Waals surface area contributed by atoms with E-state index >= 15 is 0 Å². The fraction of sp³-hybridized carbons (Fsp3) is 0.308. The number of nitrogens with two attached hydrogens (primary N) is 1. The Hall–Kier alpha value is -2.15. The van der Waals surface area contributed by atoms with Crippen LogP contribution in [-0.4, -0.2) is 18.6 Å². The summed E-state index contributed by atoms with van der Waals surface area (Å²) in [5.74, 6) is 6.19. The SMILES string of the molecule is CC#CCOc1cccc(O[C@H](C)C(N)=O)c1. The van der Waals surface area contributed by atoms with E-state index in [1.165, 1.54) is 0 Å². The molecule has 0 aromatic heterocycles. The monoisotopic (exact) mass is 233 g/mol. The highest BCUT2D eigenvalue weighted by Crippen LogP contribution is 2.20. The zero-order chi connectivity index (χ0) is 12.7. The van der Waals surface area contributed by atoms with Crippen LogP contribution in [0.4, 0.5) is 0 Å². The van der Waals surface area contributed by atoms with Gasteiger partial charge in [-0.1, -0.05) is 12.0 Å². The molecule has 0 aliphatic carbocycles. The van der Waals surface area contributed by atoms with Gasteiger partial charge in [0.15, 0.2) is 6.10 Å². The molecule has 0 unspecified atom stereocenters. The molecule has 90 valence electrons. The number of benzene rings is 1. The molecule has 1 amide bonds. The third kappa shape index (κ3) is 4.47. The number of carbonyl (C=O) groups excluding carboxylic acids is 1. The van der Waals surface area contributed by atoms with Crippen molar-refractivity contribution in [2.45, 2.75) is 20.0 Å². The quantitative estimate of drug-likeness (QED) is 0.781. The molecule has 1 aromatic carbocycles. The minimum Gasteiger partial charge on any atom is -0.481 e. The summed E-state index contributed by atoms with van der Waals surface area (Å²) < 4.78 is 10.7. The number of amides is 1. The van der Waals surface area contributed by atoms with Crippen molar-refractivity contribution in [3.63, 3.8) is 0 Å². The van der Waals surface area contributed by atoms with Gasteiger partial charge in [0.2, 0.25) is 0 Å². The Morgan fingerprint density at radius 3 is 2.82 bits per heavy atom. The first-order valence-electron chi connectivity index (χ1n) is 5.22. The maximum absolute atomic E-state index is 10.8. The molecule has 17 heavy (non-hydrogen) atoms. The zero-order valence-corrected chi connectivity index (χ0v) is 9.90. The molecule has 0 heterocycles. The summed E-state index contributed by atoms with van der Waals surface area (Å²) in [4.78, 5) is 10.8. The Morgan fingerprint density at radius 2 is 2.18 bits per heavy atom. The molecule has 0 bridgehead atoms. The predicted octanol–water partition coefficient (Wildman–Crippen LogP) is 1.34. The van der Waals surface area contributed by atoms with Crippen LogP contribution in [0.3, 0.4) is 0 Å². The van der Waals surface area contributed by atoms with E-state index in [4.69, 9.17) is 15.2 Å². The number of hydrogen-bond donors (Lipinski definition) is 1. The van der Waals surface area contributed by atoms with Crippen molar-refractivity contribution < 1.29 is 14.3 Å². The maximum Gasteiger partial charge on any atom is 0.258 e. The predicted molar refractivity (Wildman–Crippen MR) is 64.7 cm³/mol. The summed E-state index contributed by atoms with van der Waals surface area (Å²) in [5.41, 5.74) is 5.11. The molecule has 0 aliphatic rings. The molecule has 2 N–H and O–H groups in total. The van der Waals surface area contributed by atoms with Gasteiger partial charge < -0.3 is 15.2 Å². The second kappa shape index (κ2) is 6.44. The number of hydrogen-bond acceptors (Lipinski definition) is 3. The van der Waals surface area contributed by atoms with Crippen LogP contribution < -0.4 is 15.2 Å². The molecule has 0 saturated carbocycles. The second-order valence-corrected chi connectivity index (χ2v) is 3.35. The minimum atomic E-state index is -0.666. The van der Waals surface area contributed by atoms with Crippen LogP contribution in [0.15, 0.2) is 24.3 Å². The maximum atomic E-state index is 10.8. The lowest BCUT2D eigenvalue weighted by molar-refractivity contribution is -0.123. The van der Waals surface area contributed by atoms with Gasteiger partial charge in [0, 0.05) is 6.07 Å².